The van der Waals surface area contributed by atoms with Crippen LogP contribution in [0.15, 0.2) is 34.9 Å². The lowest BCUT2D eigenvalue weighted by atomic mass is 10.2. The van der Waals surface area contributed by atoms with Gasteiger partial charge in [0.1, 0.15) is 11.9 Å². The van der Waals surface area contributed by atoms with Crippen molar-refractivity contribution in [2.45, 2.75) is 13.0 Å². The molecule has 1 unspecified atom stereocenters. The molecule has 90 valence electrons. The third-order valence-corrected chi connectivity index (χ3v) is 2.61. The van der Waals surface area contributed by atoms with Crippen molar-refractivity contribution in [1.82, 2.24) is 4.98 Å². The van der Waals surface area contributed by atoms with Crippen LogP contribution in [0.3, 0.4) is 0 Å². The van der Waals surface area contributed by atoms with Gasteiger partial charge in [-0.05, 0) is 31.2 Å². The largest absolute Gasteiger partial charge is 0.497 e. The van der Waals surface area contributed by atoms with E-state index in [1.165, 1.54) is 0 Å². The van der Waals surface area contributed by atoms with Crippen molar-refractivity contribution in [2.75, 3.05) is 14.2 Å². The monoisotopic (exact) mass is 233 g/mol. The molecule has 0 saturated heterocycles. The molecule has 4 nitrogen and oxygen atoms in total. The molecule has 17 heavy (non-hydrogen) atoms. The fraction of sp³-hybridized carbons (Fsp3) is 0.308. The summed E-state index contributed by atoms with van der Waals surface area (Å²) in [5.74, 6) is 2.12. The molecule has 0 radical (unpaired) electrons. The van der Waals surface area contributed by atoms with Gasteiger partial charge < -0.3 is 13.9 Å². The molecular formula is C13H15NO3. The van der Waals surface area contributed by atoms with E-state index in [1.807, 2.05) is 31.2 Å². The second-order valence-electron chi connectivity index (χ2n) is 3.67. The summed E-state index contributed by atoms with van der Waals surface area (Å²) in [6.45, 7) is 1.91. The van der Waals surface area contributed by atoms with Crippen LogP contribution in [0.2, 0.25) is 0 Å². The molecule has 0 aliphatic carbocycles. The second kappa shape index (κ2) is 5.01. The molecule has 0 aliphatic rings. The van der Waals surface area contributed by atoms with E-state index >= 15 is 0 Å². The molecule has 4 heteroatoms. The van der Waals surface area contributed by atoms with Gasteiger partial charge in [0.05, 0.1) is 13.3 Å². The van der Waals surface area contributed by atoms with Crippen molar-refractivity contribution < 1.29 is 13.9 Å². The molecule has 2 rings (SSSR count). The highest BCUT2D eigenvalue weighted by atomic mass is 16.5. The number of oxazole rings is 1. The maximum atomic E-state index is 5.62. The Morgan fingerprint density at radius 3 is 2.47 bits per heavy atom. The number of ether oxygens (including phenoxy) is 2. The van der Waals surface area contributed by atoms with Gasteiger partial charge in [0.15, 0.2) is 5.76 Å². The Morgan fingerprint density at radius 2 is 1.88 bits per heavy atom. The number of hydrogen-bond donors (Lipinski definition) is 0. The highest BCUT2D eigenvalue weighted by Crippen LogP contribution is 2.25. The summed E-state index contributed by atoms with van der Waals surface area (Å²) in [7, 11) is 3.28. The minimum atomic E-state index is -0.0884. The Hall–Kier alpha value is -1.81. The van der Waals surface area contributed by atoms with Crippen molar-refractivity contribution >= 4 is 0 Å². The highest BCUT2D eigenvalue weighted by molar-refractivity contribution is 5.54. The SMILES string of the molecule is COc1ccc(-c2ncc(C(C)OC)o2)cc1. The lowest BCUT2D eigenvalue weighted by molar-refractivity contribution is 0.100. The van der Waals surface area contributed by atoms with E-state index in [1.54, 1.807) is 20.4 Å². The van der Waals surface area contributed by atoms with E-state index < -0.39 is 0 Å². The minimum Gasteiger partial charge on any atom is -0.497 e. The van der Waals surface area contributed by atoms with Gasteiger partial charge in [-0.15, -0.1) is 0 Å². The summed E-state index contributed by atoms with van der Waals surface area (Å²) in [5.41, 5.74) is 0.917. The molecular weight excluding hydrogens is 218 g/mol. The first-order valence-electron chi connectivity index (χ1n) is 5.37. The van der Waals surface area contributed by atoms with Gasteiger partial charge in [0.2, 0.25) is 5.89 Å². The predicted molar refractivity (Wildman–Crippen MR) is 63.9 cm³/mol. The van der Waals surface area contributed by atoms with Gasteiger partial charge in [0.25, 0.3) is 0 Å². The number of benzene rings is 1. The van der Waals surface area contributed by atoms with E-state index in [9.17, 15) is 0 Å². The average Bonchev–Trinajstić information content (AvgIpc) is 2.87. The molecule has 1 heterocycles. The highest BCUT2D eigenvalue weighted by Gasteiger charge is 2.11. The predicted octanol–water partition coefficient (Wildman–Crippen LogP) is 3.06. The summed E-state index contributed by atoms with van der Waals surface area (Å²) in [5, 5.41) is 0. The van der Waals surface area contributed by atoms with Crippen molar-refractivity contribution in [2.24, 2.45) is 0 Å². The van der Waals surface area contributed by atoms with Gasteiger partial charge in [-0.1, -0.05) is 0 Å². The Kier molecular flexibility index (Phi) is 3.44. The van der Waals surface area contributed by atoms with Crippen LogP contribution < -0.4 is 4.74 Å². The first-order chi connectivity index (χ1) is 8.24. The Bertz CT molecular complexity index is 476. The smallest absolute Gasteiger partial charge is 0.226 e. The van der Waals surface area contributed by atoms with Crippen LogP contribution in [0.4, 0.5) is 0 Å². The molecule has 0 aliphatic heterocycles. The summed E-state index contributed by atoms with van der Waals surface area (Å²) in [6, 6.07) is 7.57. The maximum Gasteiger partial charge on any atom is 0.226 e. The molecule has 2 aromatic rings. The van der Waals surface area contributed by atoms with Gasteiger partial charge in [-0.2, -0.15) is 0 Å². The third-order valence-electron chi connectivity index (χ3n) is 2.61. The third kappa shape index (κ3) is 2.47. The maximum absolute atomic E-state index is 5.62. The Labute approximate surface area is 100 Å². The van der Waals surface area contributed by atoms with E-state index in [4.69, 9.17) is 13.9 Å². The lowest BCUT2D eigenvalue weighted by Crippen LogP contribution is -1.92. The summed E-state index contributed by atoms with van der Waals surface area (Å²) in [4.78, 5) is 4.22. The zero-order valence-corrected chi connectivity index (χ0v) is 10.1. The molecule has 0 amide bonds. The van der Waals surface area contributed by atoms with Crippen molar-refractivity contribution in [1.29, 1.82) is 0 Å². The summed E-state index contributed by atoms with van der Waals surface area (Å²) >= 11 is 0. The molecule has 0 N–H and O–H groups in total. The van der Waals surface area contributed by atoms with Crippen LogP contribution in [-0.2, 0) is 4.74 Å². The standard InChI is InChI=1S/C13H15NO3/c1-9(15-2)12-8-14-13(17-12)10-4-6-11(16-3)7-5-10/h4-9H,1-3H3. The summed E-state index contributed by atoms with van der Waals surface area (Å²) < 4.78 is 15.9. The van der Waals surface area contributed by atoms with Crippen LogP contribution >= 0.6 is 0 Å². The number of rotatable bonds is 4. The molecule has 1 atom stereocenters. The van der Waals surface area contributed by atoms with Crippen LogP contribution in [0, 0.1) is 0 Å². The van der Waals surface area contributed by atoms with Crippen molar-refractivity contribution in [3.63, 3.8) is 0 Å². The van der Waals surface area contributed by atoms with Gasteiger partial charge in [0, 0.05) is 12.7 Å². The summed E-state index contributed by atoms with van der Waals surface area (Å²) in [6.07, 6.45) is 1.60. The second-order valence-corrected chi connectivity index (χ2v) is 3.67. The molecule has 0 spiro atoms. The van der Waals surface area contributed by atoms with Gasteiger partial charge >= 0.3 is 0 Å². The zero-order valence-electron chi connectivity index (χ0n) is 10.1. The zero-order chi connectivity index (χ0) is 12.3. The van der Waals surface area contributed by atoms with Gasteiger partial charge in [-0.25, -0.2) is 4.98 Å². The minimum absolute atomic E-state index is 0.0884. The first kappa shape index (κ1) is 11.7. The van der Waals surface area contributed by atoms with E-state index in [0.29, 0.717) is 5.89 Å². The number of methoxy groups -OCH3 is 2. The van der Waals surface area contributed by atoms with Crippen molar-refractivity contribution in [3.8, 4) is 17.2 Å². The van der Waals surface area contributed by atoms with Crippen LogP contribution in [-0.4, -0.2) is 19.2 Å². The topological polar surface area (TPSA) is 44.5 Å². The van der Waals surface area contributed by atoms with E-state index in [2.05, 4.69) is 4.98 Å². The van der Waals surface area contributed by atoms with Crippen LogP contribution in [0.1, 0.15) is 18.8 Å². The molecule has 1 aromatic carbocycles. The first-order valence-corrected chi connectivity index (χ1v) is 5.37. The van der Waals surface area contributed by atoms with E-state index in [-0.39, 0.29) is 6.10 Å². The fourth-order valence-corrected chi connectivity index (χ4v) is 1.46. The number of hydrogen-bond acceptors (Lipinski definition) is 4. The number of nitrogens with zero attached hydrogens (tertiary/aromatic N) is 1. The number of aromatic nitrogens is 1. The lowest BCUT2D eigenvalue weighted by Gasteiger charge is -2.03. The normalized spacial score (nSPS) is 12.4. The average molecular weight is 233 g/mol. The fourth-order valence-electron chi connectivity index (χ4n) is 1.46. The Balaban J connectivity index is 2.24. The molecule has 1 aromatic heterocycles. The Morgan fingerprint density at radius 1 is 1.18 bits per heavy atom. The van der Waals surface area contributed by atoms with E-state index in [0.717, 1.165) is 17.1 Å². The molecule has 0 fully saturated rings. The van der Waals surface area contributed by atoms with Crippen LogP contribution in [0.25, 0.3) is 11.5 Å². The quantitative estimate of drug-likeness (QED) is 0.814. The van der Waals surface area contributed by atoms with Gasteiger partial charge in [-0.3, -0.25) is 0 Å². The molecule has 0 bridgehead atoms. The molecule has 0 saturated carbocycles. The van der Waals surface area contributed by atoms with Crippen LogP contribution in [0.5, 0.6) is 5.75 Å². The van der Waals surface area contributed by atoms with Crippen molar-refractivity contribution in [3.05, 3.63) is 36.2 Å².